The van der Waals surface area contributed by atoms with E-state index in [1.165, 1.54) is 6.42 Å². The van der Waals surface area contributed by atoms with Crippen LogP contribution in [-0.2, 0) is 4.79 Å². The Morgan fingerprint density at radius 3 is 2.62 bits per heavy atom. The summed E-state index contributed by atoms with van der Waals surface area (Å²) in [5.41, 5.74) is 0. The first-order chi connectivity index (χ1) is 12.3. The number of nitrogens with one attached hydrogen (secondary N) is 2. The van der Waals surface area contributed by atoms with Gasteiger partial charge in [0, 0.05) is 39.8 Å². The van der Waals surface area contributed by atoms with Gasteiger partial charge in [0.2, 0.25) is 5.91 Å². The average molecular weight is 368 g/mol. The minimum absolute atomic E-state index is 0.0661. The smallest absolute Gasteiger partial charge is 0.239 e. The first-order valence-electron chi connectivity index (χ1n) is 10.3. The summed E-state index contributed by atoms with van der Waals surface area (Å²) in [5.74, 6) is 1.88. The van der Waals surface area contributed by atoms with E-state index < -0.39 is 0 Å². The Labute approximate surface area is 160 Å². The van der Waals surface area contributed by atoms with E-state index in [0.717, 1.165) is 63.7 Å². The van der Waals surface area contributed by atoms with Crippen LogP contribution >= 0.6 is 0 Å². The van der Waals surface area contributed by atoms with Crippen molar-refractivity contribution in [3.63, 3.8) is 0 Å². The molecule has 1 aliphatic rings. The van der Waals surface area contributed by atoms with Crippen LogP contribution < -0.4 is 10.6 Å². The van der Waals surface area contributed by atoms with Crippen molar-refractivity contribution in [2.75, 3.05) is 40.3 Å². The molecule has 26 heavy (non-hydrogen) atoms. The van der Waals surface area contributed by atoms with Crippen LogP contribution in [0.25, 0.3) is 0 Å². The van der Waals surface area contributed by atoms with Gasteiger partial charge in [-0.2, -0.15) is 0 Å². The van der Waals surface area contributed by atoms with Crippen molar-refractivity contribution < 1.29 is 4.79 Å². The molecule has 0 aromatic carbocycles. The van der Waals surface area contributed by atoms with Crippen molar-refractivity contribution in [3.05, 3.63) is 0 Å². The van der Waals surface area contributed by atoms with Crippen LogP contribution in [0, 0.1) is 5.92 Å². The lowest BCUT2D eigenvalue weighted by Crippen LogP contribution is -2.43. The fourth-order valence-corrected chi connectivity index (χ4v) is 3.35. The molecule has 6 heteroatoms. The van der Waals surface area contributed by atoms with Crippen LogP contribution in [0.1, 0.15) is 59.8 Å². The third-order valence-electron chi connectivity index (χ3n) is 4.87. The molecule has 2 unspecified atom stereocenters. The number of nitrogens with zero attached hydrogens (tertiary/aromatic N) is 3. The van der Waals surface area contributed by atoms with Crippen molar-refractivity contribution in [1.82, 2.24) is 20.4 Å². The van der Waals surface area contributed by atoms with Crippen LogP contribution in [0.15, 0.2) is 4.99 Å². The molecule has 0 aromatic heterocycles. The average Bonchev–Trinajstić information content (AvgIpc) is 3.04. The standard InChI is InChI=1S/C20H41N5O/c1-7-21-20(23-17(4)12-11-16(2)3)22-13-9-15-25-14-8-10-18(25)19(26)24(5)6/h16-18H,7-15H2,1-6H3,(H2,21,22,23). The van der Waals surface area contributed by atoms with Gasteiger partial charge in [0.1, 0.15) is 0 Å². The summed E-state index contributed by atoms with van der Waals surface area (Å²) in [6.07, 6.45) is 5.46. The molecule has 0 saturated carbocycles. The maximum Gasteiger partial charge on any atom is 0.239 e. The van der Waals surface area contributed by atoms with E-state index >= 15 is 0 Å². The molecule has 152 valence electrons. The number of guanidine groups is 1. The molecule has 1 aliphatic heterocycles. The zero-order valence-corrected chi connectivity index (χ0v) is 17.8. The summed E-state index contributed by atoms with van der Waals surface area (Å²) in [4.78, 5) is 21.0. The molecule has 2 N–H and O–H groups in total. The summed E-state index contributed by atoms with van der Waals surface area (Å²) in [6, 6.07) is 0.493. The summed E-state index contributed by atoms with van der Waals surface area (Å²) >= 11 is 0. The molecule has 1 fully saturated rings. The zero-order valence-electron chi connectivity index (χ0n) is 17.8. The molecule has 1 rings (SSSR count). The van der Waals surface area contributed by atoms with Crippen LogP contribution in [0.2, 0.25) is 0 Å². The highest BCUT2D eigenvalue weighted by Gasteiger charge is 2.30. The highest BCUT2D eigenvalue weighted by atomic mass is 16.2. The first-order valence-corrected chi connectivity index (χ1v) is 10.3. The summed E-state index contributed by atoms with van der Waals surface area (Å²) < 4.78 is 0. The van der Waals surface area contributed by atoms with Gasteiger partial charge in [-0.25, -0.2) is 0 Å². The number of rotatable bonds is 10. The second-order valence-corrected chi connectivity index (χ2v) is 8.06. The number of amides is 1. The van der Waals surface area contributed by atoms with E-state index in [9.17, 15) is 4.79 Å². The molecule has 0 aliphatic carbocycles. The molecule has 6 nitrogen and oxygen atoms in total. The molecule has 1 heterocycles. The highest BCUT2D eigenvalue weighted by Crippen LogP contribution is 2.18. The van der Waals surface area contributed by atoms with Crippen molar-refractivity contribution in [2.45, 2.75) is 71.9 Å². The number of hydrogen-bond donors (Lipinski definition) is 2. The number of likely N-dealkylation sites (tertiary alicyclic amines) is 1. The van der Waals surface area contributed by atoms with E-state index in [0.29, 0.717) is 6.04 Å². The summed E-state index contributed by atoms with van der Waals surface area (Å²) in [7, 11) is 3.69. The van der Waals surface area contributed by atoms with Crippen molar-refractivity contribution >= 4 is 11.9 Å². The SMILES string of the molecule is CCNC(=NCCCN1CCCC1C(=O)N(C)C)NC(C)CCC(C)C. The molecule has 0 spiro atoms. The topological polar surface area (TPSA) is 60.0 Å². The monoisotopic (exact) mass is 367 g/mol. The van der Waals surface area contributed by atoms with E-state index in [2.05, 4.69) is 43.2 Å². The summed E-state index contributed by atoms with van der Waals surface area (Å²) in [5, 5.41) is 6.84. The molecule has 1 amide bonds. The third-order valence-corrected chi connectivity index (χ3v) is 4.87. The number of carbonyl (C=O) groups excluding carboxylic acids is 1. The maximum atomic E-state index is 12.2. The van der Waals surface area contributed by atoms with Crippen LogP contribution in [0.5, 0.6) is 0 Å². The minimum Gasteiger partial charge on any atom is -0.357 e. The largest absolute Gasteiger partial charge is 0.357 e. The third kappa shape index (κ3) is 8.39. The van der Waals surface area contributed by atoms with Crippen LogP contribution in [-0.4, -0.2) is 74.0 Å². The van der Waals surface area contributed by atoms with Crippen LogP contribution in [0.3, 0.4) is 0 Å². The lowest BCUT2D eigenvalue weighted by Gasteiger charge is -2.25. The predicted octanol–water partition coefficient (Wildman–Crippen LogP) is 2.31. The lowest BCUT2D eigenvalue weighted by atomic mass is 10.0. The molecule has 0 radical (unpaired) electrons. The number of hydrogen-bond acceptors (Lipinski definition) is 3. The van der Waals surface area contributed by atoms with Crippen molar-refractivity contribution in [2.24, 2.45) is 10.9 Å². The van der Waals surface area contributed by atoms with Gasteiger partial charge in [-0.05, 0) is 58.4 Å². The molecule has 0 aromatic rings. The number of likely N-dealkylation sites (N-methyl/N-ethyl adjacent to an activating group) is 1. The Kier molecular flexibility index (Phi) is 10.6. The first kappa shape index (κ1) is 22.7. The Hall–Kier alpha value is -1.30. The number of aliphatic imine (C=N–C) groups is 1. The van der Waals surface area contributed by atoms with E-state index in [-0.39, 0.29) is 11.9 Å². The quantitative estimate of drug-likeness (QED) is 0.353. The van der Waals surface area contributed by atoms with Crippen LogP contribution in [0.4, 0.5) is 0 Å². The van der Waals surface area contributed by atoms with E-state index in [1.54, 1.807) is 4.90 Å². The highest BCUT2D eigenvalue weighted by molar-refractivity contribution is 5.81. The molecule has 2 atom stereocenters. The lowest BCUT2D eigenvalue weighted by molar-refractivity contribution is -0.133. The fourth-order valence-electron chi connectivity index (χ4n) is 3.35. The van der Waals surface area contributed by atoms with Crippen molar-refractivity contribution in [1.29, 1.82) is 0 Å². The fraction of sp³-hybridized carbons (Fsp3) is 0.900. The molecular weight excluding hydrogens is 326 g/mol. The van der Waals surface area contributed by atoms with E-state index in [1.807, 2.05) is 14.1 Å². The van der Waals surface area contributed by atoms with Gasteiger partial charge in [0.25, 0.3) is 0 Å². The Morgan fingerprint density at radius 2 is 2.00 bits per heavy atom. The Balaban J connectivity index is 2.41. The maximum absolute atomic E-state index is 12.2. The van der Waals surface area contributed by atoms with Gasteiger partial charge in [-0.3, -0.25) is 14.7 Å². The predicted molar refractivity (Wildman–Crippen MR) is 111 cm³/mol. The van der Waals surface area contributed by atoms with E-state index in [4.69, 9.17) is 4.99 Å². The Bertz CT molecular complexity index is 436. The van der Waals surface area contributed by atoms with Gasteiger partial charge in [-0.1, -0.05) is 13.8 Å². The molecule has 1 saturated heterocycles. The second kappa shape index (κ2) is 12.2. The molecular formula is C20H41N5O. The normalized spacial score (nSPS) is 19.7. The zero-order chi connectivity index (χ0) is 19.5. The van der Waals surface area contributed by atoms with Gasteiger partial charge in [-0.15, -0.1) is 0 Å². The summed E-state index contributed by atoms with van der Waals surface area (Å²) in [6.45, 7) is 12.5. The van der Waals surface area contributed by atoms with Gasteiger partial charge in [0.05, 0.1) is 6.04 Å². The van der Waals surface area contributed by atoms with Crippen molar-refractivity contribution in [3.8, 4) is 0 Å². The van der Waals surface area contributed by atoms with Gasteiger partial charge in [0.15, 0.2) is 5.96 Å². The van der Waals surface area contributed by atoms with Gasteiger partial charge >= 0.3 is 0 Å². The Morgan fingerprint density at radius 1 is 1.27 bits per heavy atom. The minimum atomic E-state index is 0.0661. The molecule has 0 bridgehead atoms. The second-order valence-electron chi connectivity index (χ2n) is 8.06. The number of carbonyl (C=O) groups is 1. The van der Waals surface area contributed by atoms with Gasteiger partial charge < -0.3 is 15.5 Å².